The van der Waals surface area contributed by atoms with Crippen LogP contribution in [0.2, 0.25) is 0 Å². The molecule has 0 bridgehead atoms. The van der Waals surface area contributed by atoms with E-state index in [9.17, 15) is 5.11 Å². The zero-order valence-corrected chi connectivity index (χ0v) is 17.4. The summed E-state index contributed by atoms with van der Waals surface area (Å²) in [5, 5.41) is 20.6. The molecule has 1 saturated heterocycles. The van der Waals surface area contributed by atoms with E-state index in [2.05, 4.69) is 20.4 Å². The summed E-state index contributed by atoms with van der Waals surface area (Å²) in [6.07, 6.45) is 9.23. The Labute approximate surface area is 173 Å². The third-order valence-corrected chi connectivity index (χ3v) is 5.30. The number of hydrogen-bond donors (Lipinski definition) is 3. The van der Waals surface area contributed by atoms with E-state index in [0.717, 1.165) is 38.2 Å². The van der Waals surface area contributed by atoms with Crippen LogP contribution in [0.3, 0.4) is 0 Å². The molecule has 2 aromatic rings. The first-order chi connectivity index (χ1) is 14.2. The Morgan fingerprint density at radius 3 is 2.72 bits per heavy atom. The first-order valence-electron chi connectivity index (χ1n) is 10.6. The van der Waals surface area contributed by atoms with E-state index < -0.39 is 6.10 Å². The van der Waals surface area contributed by atoms with Gasteiger partial charge in [0, 0.05) is 19.3 Å². The first-order valence-corrected chi connectivity index (χ1v) is 10.6. The summed E-state index contributed by atoms with van der Waals surface area (Å²) in [7, 11) is 1.64. The van der Waals surface area contributed by atoms with Crippen molar-refractivity contribution in [3.8, 4) is 11.5 Å². The predicted octanol–water partition coefficient (Wildman–Crippen LogP) is 2.37. The average Bonchev–Trinajstić information content (AvgIpc) is 3.13. The molecule has 2 heterocycles. The number of aromatic nitrogens is 2. The van der Waals surface area contributed by atoms with Gasteiger partial charge in [-0.3, -0.25) is 5.10 Å². The fraction of sp³-hybridized carbons (Fsp3) is 0.591. The van der Waals surface area contributed by atoms with Crippen LogP contribution in [0.5, 0.6) is 11.5 Å². The van der Waals surface area contributed by atoms with Crippen LogP contribution in [0.15, 0.2) is 30.6 Å². The van der Waals surface area contributed by atoms with Crippen molar-refractivity contribution in [1.82, 2.24) is 20.4 Å². The molecule has 160 valence electrons. The van der Waals surface area contributed by atoms with Crippen molar-refractivity contribution < 1.29 is 14.6 Å². The molecule has 7 nitrogen and oxygen atoms in total. The molecule has 1 aromatic heterocycles. The van der Waals surface area contributed by atoms with Crippen LogP contribution in [0.25, 0.3) is 0 Å². The molecule has 0 saturated carbocycles. The van der Waals surface area contributed by atoms with Gasteiger partial charge in [-0.25, -0.2) is 0 Å². The number of hydrogen-bond acceptors (Lipinski definition) is 6. The largest absolute Gasteiger partial charge is 0.493 e. The van der Waals surface area contributed by atoms with Gasteiger partial charge in [-0.05, 0) is 62.2 Å². The SMILES string of the molecule is COc1cc(CNCCc2cn[nH]c2)ccc1OCC(O)CN1CCCCCC1. The molecule has 3 N–H and O–H groups in total. The average molecular weight is 403 g/mol. The van der Waals surface area contributed by atoms with Crippen LogP contribution in [0, 0.1) is 0 Å². The highest BCUT2D eigenvalue weighted by molar-refractivity contribution is 5.43. The summed E-state index contributed by atoms with van der Waals surface area (Å²) < 4.78 is 11.4. The minimum absolute atomic E-state index is 0.273. The number of nitrogens with zero attached hydrogens (tertiary/aromatic N) is 2. The van der Waals surface area contributed by atoms with E-state index >= 15 is 0 Å². The van der Waals surface area contributed by atoms with Gasteiger partial charge in [-0.1, -0.05) is 18.9 Å². The standard InChI is InChI=1S/C22H34N4O3/c1-28-22-12-18(13-23-9-8-19-14-24-25-15-19)6-7-21(22)29-17-20(27)16-26-10-4-2-3-5-11-26/h6-7,12,14-15,20,23,27H,2-5,8-11,13,16-17H2,1H3,(H,24,25). The molecule has 1 aromatic carbocycles. The van der Waals surface area contributed by atoms with Gasteiger partial charge in [-0.2, -0.15) is 5.10 Å². The lowest BCUT2D eigenvalue weighted by Gasteiger charge is -2.23. The number of methoxy groups -OCH3 is 1. The zero-order chi connectivity index (χ0) is 20.3. The molecule has 1 fully saturated rings. The lowest BCUT2D eigenvalue weighted by atomic mass is 10.2. The maximum Gasteiger partial charge on any atom is 0.161 e. The first kappa shape index (κ1) is 21.6. The minimum atomic E-state index is -0.498. The maximum atomic E-state index is 10.4. The molecule has 1 aliphatic rings. The van der Waals surface area contributed by atoms with Crippen molar-refractivity contribution in [1.29, 1.82) is 0 Å². The quantitative estimate of drug-likeness (QED) is 0.501. The van der Waals surface area contributed by atoms with Gasteiger partial charge in [0.15, 0.2) is 11.5 Å². The molecule has 29 heavy (non-hydrogen) atoms. The van der Waals surface area contributed by atoms with Gasteiger partial charge in [0.1, 0.15) is 12.7 Å². The van der Waals surface area contributed by atoms with E-state index in [4.69, 9.17) is 9.47 Å². The molecule has 1 atom stereocenters. The van der Waals surface area contributed by atoms with E-state index in [-0.39, 0.29) is 6.61 Å². The Hall–Kier alpha value is -2.09. The summed E-state index contributed by atoms with van der Waals surface area (Å²) in [5.41, 5.74) is 2.32. The smallest absolute Gasteiger partial charge is 0.161 e. The molecule has 0 aliphatic carbocycles. The van der Waals surface area contributed by atoms with Crippen LogP contribution in [-0.2, 0) is 13.0 Å². The molecule has 3 rings (SSSR count). The van der Waals surface area contributed by atoms with Crippen molar-refractivity contribution >= 4 is 0 Å². The lowest BCUT2D eigenvalue weighted by Crippen LogP contribution is -2.36. The Balaban J connectivity index is 1.42. The second-order valence-corrected chi connectivity index (χ2v) is 7.70. The van der Waals surface area contributed by atoms with Gasteiger partial charge in [-0.15, -0.1) is 0 Å². The highest BCUT2D eigenvalue weighted by Crippen LogP contribution is 2.28. The number of H-pyrrole nitrogens is 1. The summed E-state index contributed by atoms with van der Waals surface area (Å²) in [6.45, 7) is 4.72. The molecule has 0 radical (unpaired) electrons. The van der Waals surface area contributed by atoms with Crippen LogP contribution in [0.1, 0.15) is 36.8 Å². The highest BCUT2D eigenvalue weighted by atomic mass is 16.5. The number of benzene rings is 1. The molecule has 0 spiro atoms. The van der Waals surface area contributed by atoms with Crippen LogP contribution < -0.4 is 14.8 Å². The number of aromatic amines is 1. The van der Waals surface area contributed by atoms with Crippen molar-refractivity contribution in [3.63, 3.8) is 0 Å². The molecular weight excluding hydrogens is 368 g/mol. The van der Waals surface area contributed by atoms with Crippen molar-refractivity contribution in [2.45, 2.75) is 44.8 Å². The Bertz CT molecular complexity index is 700. The number of ether oxygens (including phenoxy) is 2. The number of rotatable bonds is 11. The van der Waals surface area contributed by atoms with Gasteiger partial charge in [0.05, 0.1) is 13.3 Å². The minimum Gasteiger partial charge on any atom is -0.493 e. The van der Waals surface area contributed by atoms with Crippen molar-refractivity contribution in [2.75, 3.05) is 39.9 Å². The predicted molar refractivity (Wildman–Crippen MR) is 113 cm³/mol. The Morgan fingerprint density at radius 2 is 2.00 bits per heavy atom. The van der Waals surface area contributed by atoms with Crippen LogP contribution >= 0.6 is 0 Å². The normalized spacial score (nSPS) is 16.3. The topological polar surface area (TPSA) is 82.6 Å². The summed E-state index contributed by atoms with van der Waals surface area (Å²) >= 11 is 0. The third-order valence-electron chi connectivity index (χ3n) is 5.30. The van der Waals surface area contributed by atoms with Crippen LogP contribution in [-0.4, -0.2) is 66.2 Å². The van der Waals surface area contributed by atoms with E-state index in [1.54, 1.807) is 7.11 Å². The maximum absolute atomic E-state index is 10.4. The van der Waals surface area contributed by atoms with Gasteiger partial charge in [0.2, 0.25) is 0 Å². The van der Waals surface area contributed by atoms with E-state index in [1.165, 1.54) is 31.2 Å². The second kappa shape index (κ2) is 11.8. The number of β-amino-alcohol motifs (C(OH)–C–C–N with tert-alkyl or cyclic N) is 1. The van der Waals surface area contributed by atoms with E-state index in [1.807, 2.05) is 30.6 Å². The Morgan fingerprint density at radius 1 is 1.17 bits per heavy atom. The third kappa shape index (κ3) is 7.34. The fourth-order valence-corrected chi connectivity index (χ4v) is 3.68. The molecule has 1 aliphatic heterocycles. The molecule has 0 amide bonds. The number of aliphatic hydroxyl groups is 1. The summed E-state index contributed by atoms with van der Waals surface area (Å²) in [5.74, 6) is 1.37. The van der Waals surface area contributed by atoms with Crippen molar-refractivity contribution in [2.24, 2.45) is 0 Å². The van der Waals surface area contributed by atoms with Gasteiger partial charge in [0.25, 0.3) is 0 Å². The molecular formula is C22H34N4O3. The number of likely N-dealkylation sites (tertiary alicyclic amines) is 1. The molecule has 7 heteroatoms. The fourth-order valence-electron chi connectivity index (χ4n) is 3.68. The van der Waals surface area contributed by atoms with Gasteiger partial charge < -0.3 is 24.8 Å². The van der Waals surface area contributed by atoms with Crippen LogP contribution in [0.4, 0.5) is 0 Å². The monoisotopic (exact) mass is 402 g/mol. The van der Waals surface area contributed by atoms with Gasteiger partial charge >= 0.3 is 0 Å². The highest BCUT2D eigenvalue weighted by Gasteiger charge is 2.15. The molecule has 1 unspecified atom stereocenters. The second-order valence-electron chi connectivity index (χ2n) is 7.70. The lowest BCUT2D eigenvalue weighted by molar-refractivity contribution is 0.0683. The summed E-state index contributed by atoms with van der Waals surface area (Å²) in [4.78, 5) is 2.34. The summed E-state index contributed by atoms with van der Waals surface area (Å²) in [6, 6.07) is 5.94. The Kier molecular flexibility index (Phi) is 8.80. The number of nitrogens with one attached hydrogen (secondary N) is 2. The number of aliphatic hydroxyl groups excluding tert-OH is 1. The van der Waals surface area contributed by atoms with E-state index in [0.29, 0.717) is 18.0 Å². The van der Waals surface area contributed by atoms with Crippen molar-refractivity contribution in [3.05, 3.63) is 41.7 Å². The zero-order valence-electron chi connectivity index (χ0n) is 17.4.